The van der Waals surface area contributed by atoms with Gasteiger partial charge in [-0.05, 0) is 18.2 Å². The highest BCUT2D eigenvalue weighted by Crippen LogP contribution is 2.32. The third kappa shape index (κ3) is 5.06. The van der Waals surface area contributed by atoms with Crippen molar-refractivity contribution in [3.63, 3.8) is 0 Å². The molecule has 0 N–H and O–H groups in total. The molecule has 3 aromatic rings. The number of rotatable bonds is 5. The first-order valence-corrected chi connectivity index (χ1v) is 11.4. The third-order valence-corrected chi connectivity index (χ3v) is 7.00. The third-order valence-electron chi connectivity index (χ3n) is 4.24. The van der Waals surface area contributed by atoms with Crippen molar-refractivity contribution < 1.29 is 34.8 Å². The molecule has 0 fully saturated rings. The molecule has 0 bridgehead atoms. The molecule has 3 rings (SSSR count). The Hall–Kier alpha value is -2.61. The minimum absolute atomic E-state index is 0.0801. The van der Waals surface area contributed by atoms with Crippen LogP contribution in [0.15, 0.2) is 51.2 Å². The molecule has 0 radical (unpaired) electrons. The number of fused-ring (bicyclic) bond motifs is 1. The number of pyridine rings is 1. The number of alkyl halides is 6. The SMILES string of the molecule is CCS(=O)(=O)c1cc(SCC(F)(F)F)cnc1-n1ncc2ccc(C(F)(F)F)cc2c1=O. The van der Waals surface area contributed by atoms with E-state index in [1.54, 1.807) is 0 Å². The summed E-state index contributed by atoms with van der Waals surface area (Å²) in [6.45, 7) is 1.28. The number of hydrogen-bond acceptors (Lipinski definition) is 6. The fourth-order valence-corrected chi connectivity index (χ4v) is 4.44. The molecule has 0 aliphatic carbocycles. The van der Waals surface area contributed by atoms with Crippen molar-refractivity contribution in [3.8, 4) is 5.82 Å². The Morgan fingerprint density at radius 1 is 1.06 bits per heavy atom. The minimum atomic E-state index is -4.72. The van der Waals surface area contributed by atoms with Crippen molar-refractivity contribution in [1.82, 2.24) is 14.8 Å². The fourth-order valence-electron chi connectivity index (χ4n) is 2.67. The second-order valence-electron chi connectivity index (χ2n) is 6.46. The van der Waals surface area contributed by atoms with E-state index in [9.17, 15) is 39.6 Å². The van der Waals surface area contributed by atoms with Gasteiger partial charge in [-0.3, -0.25) is 4.79 Å². The molecular weight excluding hydrogens is 484 g/mol. The first-order chi connectivity index (χ1) is 14.7. The topological polar surface area (TPSA) is 81.9 Å². The molecule has 32 heavy (non-hydrogen) atoms. The number of sulfone groups is 1. The lowest BCUT2D eigenvalue weighted by molar-refractivity contribution is -0.137. The van der Waals surface area contributed by atoms with E-state index in [1.165, 1.54) is 6.92 Å². The van der Waals surface area contributed by atoms with Crippen LogP contribution >= 0.6 is 11.8 Å². The quantitative estimate of drug-likeness (QED) is 0.387. The van der Waals surface area contributed by atoms with Crippen molar-refractivity contribution in [3.05, 3.63) is 52.6 Å². The molecule has 0 saturated carbocycles. The number of benzene rings is 1. The van der Waals surface area contributed by atoms with Gasteiger partial charge in [-0.25, -0.2) is 13.4 Å². The average molecular weight is 497 g/mol. The largest absolute Gasteiger partial charge is 0.416 e. The second-order valence-corrected chi connectivity index (χ2v) is 9.76. The van der Waals surface area contributed by atoms with E-state index in [-0.39, 0.29) is 15.7 Å². The van der Waals surface area contributed by atoms with Gasteiger partial charge in [0.25, 0.3) is 5.56 Å². The van der Waals surface area contributed by atoms with E-state index < -0.39 is 55.5 Å². The lowest BCUT2D eigenvalue weighted by atomic mass is 10.1. The van der Waals surface area contributed by atoms with Gasteiger partial charge >= 0.3 is 12.4 Å². The number of hydrogen-bond donors (Lipinski definition) is 0. The van der Waals surface area contributed by atoms with Crippen LogP contribution in [-0.2, 0) is 16.0 Å². The van der Waals surface area contributed by atoms with E-state index in [0.717, 1.165) is 30.6 Å². The molecule has 2 heterocycles. The fraction of sp³-hybridized carbons (Fsp3) is 0.278. The zero-order valence-corrected chi connectivity index (χ0v) is 17.7. The summed E-state index contributed by atoms with van der Waals surface area (Å²) < 4.78 is 102. The Morgan fingerprint density at radius 2 is 1.75 bits per heavy atom. The maximum Gasteiger partial charge on any atom is 0.416 e. The molecule has 0 aliphatic rings. The van der Waals surface area contributed by atoms with Gasteiger partial charge in [0.1, 0.15) is 4.90 Å². The van der Waals surface area contributed by atoms with E-state index in [4.69, 9.17) is 0 Å². The van der Waals surface area contributed by atoms with Crippen molar-refractivity contribution >= 4 is 32.4 Å². The van der Waals surface area contributed by atoms with Gasteiger partial charge < -0.3 is 0 Å². The van der Waals surface area contributed by atoms with Crippen molar-refractivity contribution in [2.45, 2.75) is 29.1 Å². The molecule has 1 aromatic carbocycles. The molecule has 0 saturated heterocycles. The van der Waals surface area contributed by atoms with Crippen LogP contribution in [0.25, 0.3) is 16.6 Å². The normalized spacial score (nSPS) is 13.0. The van der Waals surface area contributed by atoms with Gasteiger partial charge in [0.2, 0.25) is 0 Å². The highest BCUT2D eigenvalue weighted by Gasteiger charge is 2.31. The van der Waals surface area contributed by atoms with Crippen LogP contribution < -0.4 is 5.56 Å². The smallest absolute Gasteiger partial charge is 0.267 e. The summed E-state index contributed by atoms with van der Waals surface area (Å²) in [4.78, 5) is 16.0. The zero-order chi connectivity index (χ0) is 23.9. The van der Waals surface area contributed by atoms with Crippen LogP contribution in [0.1, 0.15) is 12.5 Å². The monoisotopic (exact) mass is 497 g/mol. The summed E-state index contributed by atoms with van der Waals surface area (Å²) in [6, 6.07) is 3.36. The van der Waals surface area contributed by atoms with Gasteiger partial charge in [0, 0.05) is 16.5 Å². The van der Waals surface area contributed by atoms with Gasteiger partial charge in [0.15, 0.2) is 15.7 Å². The number of nitrogens with zero attached hydrogens (tertiary/aromatic N) is 3. The molecule has 0 amide bonds. The van der Waals surface area contributed by atoms with Gasteiger partial charge in [-0.2, -0.15) is 36.1 Å². The Balaban J connectivity index is 2.21. The Labute approximate surface area is 181 Å². The summed E-state index contributed by atoms with van der Waals surface area (Å²) in [5.74, 6) is -2.28. The first kappa shape index (κ1) is 24.0. The summed E-state index contributed by atoms with van der Waals surface area (Å²) >= 11 is 0.299. The molecule has 14 heteroatoms. The number of aromatic nitrogens is 3. The molecule has 0 atom stereocenters. The van der Waals surface area contributed by atoms with Crippen molar-refractivity contribution in [2.75, 3.05) is 11.5 Å². The molecule has 2 aromatic heterocycles. The van der Waals surface area contributed by atoms with E-state index in [2.05, 4.69) is 10.1 Å². The summed E-state index contributed by atoms with van der Waals surface area (Å²) in [6.07, 6.45) is -7.24. The van der Waals surface area contributed by atoms with Crippen molar-refractivity contribution in [1.29, 1.82) is 0 Å². The second kappa shape index (κ2) is 8.39. The van der Waals surface area contributed by atoms with Crippen LogP contribution in [0.4, 0.5) is 26.3 Å². The summed E-state index contributed by atoms with van der Waals surface area (Å²) in [5.41, 5.74) is -2.16. The molecular formula is C18H13F6N3O3S2. The predicted octanol–water partition coefficient (Wildman–Crippen LogP) is 4.25. The average Bonchev–Trinajstić information content (AvgIpc) is 2.71. The zero-order valence-electron chi connectivity index (χ0n) is 16.0. The van der Waals surface area contributed by atoms with Crippen LogP contribution in [0, 0.1) is 0 Å². The maximum atomic E-state index is 13.0. The summed E-state index contributed by atoms with van der Waals surface area (Å²) in [5, 5.41) is 3.50. The number of halogens is 6. The van der Waals surface area contributed by atoms with E-state index in [1.807, 2.05) is 0 Å². The minimum Gasteiger partial charge on any atom is -0.267 e. The Bertz CT molecular complexity index is 1330. The van der Waals surface area contributed by atoms with E-state index in [0.29, 0.717) is 22.5 Å². The van der Waals surface area contributed by atoms with Gasteiger partial charge in [-0.1, -0.05) is 13.0 Å². The summed E-state index contributed by atoms with van der Waals surface area (Å²) in [7, 11) is -4.09. The highest BCUT2D eigenvalue weighted by molar-refractivity contribution is 7.99. The molecule has 172 valence electrons. The van der Waals surface area contributed by atoms with Gasteiger partial charge in [0.05, 0.1) is 28.7 Å². The lowest BCUT2D eigenvalue weighted by Gasteiger charge is -2.13. The van der Waals surface area contributed by atoms with Crippen LogP contribution in [-0.4, -0.2) is 40.9 Å². The van der Waals surface area contributed by atoms with Crippen LogP contribution in [0.5, 0.6) is 0 Å². The Kier molecular flexibility index (Phi) is 6.30. The van der Waals surface area contributed by atoms with Crippen molar-refractivity contribution in [2.24, 2.45) is 0 Å². The van der Waals surface area contributed by atoms with E-state index >= 15 is 0 Å². The maximum absolute atomic E-state index is 13.0. The predicted molar refractivity (Wildman–Crippen MR) is 105 cm³/mol. The molecule has 0 unspecified atom stereocenters. The highest BCUT2D eigenvalue weighted by atomic mass is 32.2. The lowest BCUT2D eigenvalue weighted by Crippen LogP contribution is -2.25. The standard InChI is InChI=1S/C18H13F6N3O3S2/c1-2-32(29,30)14-6-12(31-9-17(19,20)21)8-25-15(14)27-16(28)13-5-11(18(22,23)24)4-3-10(13)7-26-27/h3-8H,2,9H2,1H3. The van der Waals surface area contributed by atoms with Crippen LogP contribution in [0.2, 0.25) is 0 Å². The first-order valence-electron chi connectivity index (χ1n) is 8.75. The molecule has 6 nitrogen and oxygen atoms in total. The number of thioether (sulfide) groups is 1. The molecule has 0 aliphatic heterocycles. The molecule has 0 spiro atoms. The van der Waals surface area contributed by atoms with Gasteiger partial charge in [-0.15, -0.1) is 11.8 Å². The Morgan fingerprint density at radius 3 is 2.34 bits per heavy atom. The van der Waals surface area contributed by atoms with Crippen LogP contribution in [0.3, 0.4) is 0 Å².